The van der Waals surface area contributed by atoms with Gasteiger partial charge in [-0.25, -0.2) is 0 Å². The third kappa shape index (κ3) is 2.86. The third-order valence-electron chi connectivity index (χ3n) is 2.18. The fourth-order valence-electron chi connectivity index (χ4n) is 1.32. The highest BCUT2D eigenvalue weighted by Crippen LogP contribution is 2.26. The van der Waals surface area contributed by atoms with Gasteiger partial charge in [-0.2, -0.15) is 0 Å². The molecule has 0 radical (unpaired) electrons. The SMILES string of the molecule is Cc1cc(Oc2ccc(Br)cc2)ccc1Br. The number of benzene rings is 2. The molecule has 0 saturated carbocycles. The van der Waals surface area contributed by atoms with E-state index < -0.39 is 0 Å². The van der Waals surface area contributed by atoms with Crippen molar-refractivity contribution in [1.29, 1.82) is 0 Å². The number of rotatable bonds is 2. The molecule has 0 heterocycles. The predicted octanol–water partition coefficient (Wildman–Crippen LogP) is 5.31. The molecule has 0 bridgehead atoms. The lowest BCUT2D eigenvalue weighted by Crippen LogP contribution is -1.85. The van der Waals surface area contributed by atoms with E-state index in [0.29, 0.717) is 0 Å². The van der Waals surface area contributed by atoms with E-state index in [1.54, 1.807) is 0 Å². The predicted molar refractivity (Wildman–Crippen MR) is 73.1 cm³/mol. The zero-order valence-electron chi connectivity index (χ0n) is 8.71. The van der Waals surface area contributed by atoms with Gasteiger partial charge in [0.05, 0.1) is 0 Å². The molecule has 0 saturated heterocycles. The molecule has 0 spiro atoms. The van der Waals surface area contributed by atoms with E-state index in [9.17, 15) is 0 Å². The normalized spacial score (nSPS) is 10.2. The summed E-state index contributed by atoms with van der Waals surface area (Å²) in [5, 5.41) is 0. The first-order valence-electron chi connectivity index (χ1n) is 4.85. The van der Waals surface area contributed by atoms with E-state index in [0.717, 1.165) is 26.0 Å². The van der Waals surface area contributed by atoms with E-state index in [2.05, 4.69) is 31.9 Å². The Balaban J connectivity index is 2.20. The van der Waals surface area contributed by atoms with Crippen molar-refractivity contribution >= 4 is 31.9 Å². The smallest absolute Gasteiger partial charge is 0.127 e. The van der Waals surface area contributed by atoms with Crippen LogP contribution in [0.2, 0.25) is 0 Å². The highest BCUT2D eigenvalue weighted by atomic mass is 79.9. The van der Waals surface area contributed by atoms with Gasteiger partial charge in [0.15, 0.2) is 0 Å². The van der Waals surface area contributed by atoms with Crippen LogP contribution in [0.3, 0.4) is 0 Å². The minimum Gasteiger partial charge on any atom is -0.457 e. The van der Waals surface area contributed by atoms with E-state index in [-0.39, 0.29) is 0 Å². The quantitative estimate of drug-likeness (QED) is 0.719. The lowest BCUT2D eigenvalue weighted by atomic mass is 10.2. The summed E-state index contributed by atoms with van der Waals surface area (Å²) in [6.45, 7) is 2.04. The molecule has 0 aromatic heterocycles. The molecule has 0 atom stereocenters. The third-order valence-corrected chi connectivity index (χ3v) is 3.60. The van der Waals surface area contributed by atoms with Gasteiger partial charge in [0.25, 0.3) is 0 Å². The molecule has 1 nitrogen and oxygen atoms in total. The van der Waals surface area contributed by atoms with Crippen LogP contribution in [-0.2, 0) is 0 Å². The zero-order chi connectivity index (χ0) is 11.5. The van der Waals surface area contributed by atoms with Gasteiger partial charge >= 0.3 is 0 Å². The van der Waals surface area contributed by atoms with Gasteiger partial charge in [0, 0.05) is 8.95 Å². The molecule has 0 aliphatic heterocycles. The number of ether oxygens (including phenoxy) is 1. The van der Waals surface area contributed by atoms with E-state index in [4.69, 9.17) is 4.74 Å². The monoisotopic (exact) mass is 340 g/mol. The largest absolute Gasteiger partial charge is 0.457 e. The van der Waals surface area contributed by atoms with Crippen LogP contribution >= 0.6 is 31.9 Å². The molecular formula is C13H10Br2O. The van der Waals surface area contributed by atoms with Crippen molar-refractivity contribution in [3.63, 3.8) is 0 Å². The van der Waals surface area contributed by atoms with Crippen molar-refractivity contribution in [3.8, 4) is 11.5 Å². The van der Waals surface area contributed by atoms with Crippen molar-refractivity contribution in [2.24, 2.45) is 0 Å². The van der Waals surface area contributed by atoms with Crippen LogP contribution in [0.15, 0.2) is 51.4 Å². The summed E-state index contributed by atoms with van der Waals surface area (Å²) in [6, 6.07) is 13.7. The Morgan fingerprint density at radius 3 is 2.12 bits per heavy atom. The second kappa shape index (κ2) is 5.02. The number of hydrogen-bond donors (Lipinski definition) is 0. The van der Waals surface area contributed by atoms with Crippen LogP contribution in [0.5, 0.6) is 11.5 Å². The Hall–Kier alpha value is -0.800. The Kier molecular flexibility index (Phi) is 3.66. The molecule has 3 heteroatoms. The fourth-order valence-corrected chi connectivity index (χ4v) is 1.83. The van der Waals surface area contributed by atoms with E-state index in [1.807, 2.05) is 49.4 Å². The lowest BCUT2D eigenvalue weighted by Gasteiger charge is -2.07. The highest BCUT2D eigenvalue weighted by molar-refractivity contribution is 9.10. The topological polar surface area (TPSA) is 9.23 Å². The van der Waals surface area contributed by atoms with Crippen molar-refractivity contribution in [3.05, 3.63) is 57.0 Å². The molecule has 0 aliphatic rings. The molecule has 0 N–H and O–H groups in total. The molecular weight excluding hydrogens is 332 g/mol. The van der Waals surface area contributed by atoms with Crippen molar-refractivity contribution in [2.75, 3.05) is 0 Å². The second-order valence-electron chi connectivity index (χ2n) is 3.47. The van der Waals surface area contributed by atoms with Crippen LogP contribution in [0.25, 0.3) is 0 Å². The first-order chi connectivity index (χ1) is 7.65. The molecule has 16 heavy (non-hydrogen) atoms. The summed E-state index contributed by atoms with van der Waals surface area (Å²) in [4.78, 5) is 0. The summed E-state index contributed by atoms with van der Waals surface area (Å²) < 4.78 is 7.87. The minimum absolute atomic E-state index is 0.838. The van der Waals surface area contributed by atoms with Crippen LogP contribution in [0.1, 0.15) is 5.56 Å². The van der Waals surface area contributed by atoms with Gasteiger partial charge in [-0.3, -0.25) is 0 Å². The molecule has 0 amide bonds. The first-order valence-corrected chi connectivity index (χ1v) is 6.43. The summed E-state index contributed by atoms with van der Waals surface area (Å²) >= 11 is 6.85. The Bertz CT molecular complexity index is 492. The zero-order valence-corrected chi connectivity index (χ0v) is 11.9. The summed E-state index contributed by atoms with van der Waals surface area (Å²) in [5.41, 5.74) is 1.16. The summed E-state index contributed by atoms with van der Waals surface area (Å²) in [7, 11) is 0. The molecule has 82 valence electrons. The van der Waals surface area contributed by atoms with Crippen LogP contribution in [-0.4, -0.2) is 0 Å². The molecule has 2 aromatic carbocycles. The second-order valence-corrected chi connectivity index (χ2v) is 5.24. The number of halogens is 2. The van der Waals surface area contributed by atoms with Gasteiger partial charge in [-0.15, -0.1) is 0 Å². The van der Waals surface area contributed by atoms with Crippen molar-refractivity contribution < 1.29 is 4.74 Å². The Morgan fingerprint density at radius 1 is 0.875 bits per heavy atom. The maximum absolute atomic E-state index is 5.73. The molecule has 0 aliphatic carbocycles. The van der Waals surface area contributed by atoms with Gasteiger partial charge in [-0.1, -0.05) is 31.9 Å². The average molecular weight is 342 g/mol. The first kappa shape index (κ1) is 11.7. The van der Waals surface area contributed by atoms with Gasteiger partial charge < -0.3 is 4.74 Å². The maximum Gasteiger partial charge on any atom is 0.127 e. The van der Waals surface area contributed by atoms with Crippen molar-refractivity contribution in [2.45, 2.75) is 6.92 Å². The molecule has 0 fully saturated rings. The maximum atomic E-state index is 5.73. The van der Waals surface area contributed by atoms with Crippen molar-refractivity contribution in [1.82, 2.24) is 0 Å². The van der Waals surface area contributed by atoms with E-state index >= 15 is 0 Å². The van der Waals surface area contributed by atoms with Crippen LogP contribution < -0.4 is 4.74 Å². The Labute approximate surface area is 112 Å². The fraction of sp³-hybridized carbons (Fsp3) is 0.0769. The summed E-state index contributed by atoms with van der Waals surface area (Å²) in [6.07, 6.45) is 0. The lowest BCUT2D eigenvalue weighted by molar-refractivity contribution is 0.482. The van der Waals surface area contributed by atoms with Gasteiger partial charge in [-0.05, 0) is 55.0 Å². The standard InChI is InChI=1S/C13H10Br2O/c1-9-8-12(6-7-13(9)15)16-11-4-2-10(14)3-5-11/h2-8H,1H3. The van der Waals surface area contributed by atoms with Gasteiger partial charge in [0.1, 0.15) is 11.5 Å². The summed E-state index contributed by atoms with van der Waals surface area (Å²) in [5.74, 6) is 1.69. The van der Waals surface area contributed by atoms with E-state index in [1.165, 1.54) is 0 Å². The average Bonchev–Trinajstić information content (AvgIpc) is 2.27. The number of hydrogen-bond acceptors (Lipinski definition) is 1. The molecule has 0 unspecified atom stereocenters. The van der Waals surface area contributed by atoms with Crippen LogP contribution in [0, 0.1) is 6.92 Å². The van der Waals surface area contributed by atoms with Gasteiger partial charge in [0.2, 0.25) is 0 Å². The number of aryl methyl sites for hydroxylation is 1. The minimum atomic E-state index is 0.838. The highest BCUT2D eigenvalue weighted by Gasteiger charge is 2.00. The molecule has 2 rings (SSSR count). The molecule has 2 aromatic rings. The Morgan fingerprint density at radius 2 is 1.50 bits per heavy atom. The van der Waals surface area contributed by atoms with Crippen LogP contribution in [0.4, 0.5) is 0 Å².